The molecule has 0 fully saturated rings. The summed E-state index contributed by atoms with van der Waals surface area (Å²) in [6.45, 7) is 5.29. The Morgan fingerprint density at radius 2 is 1.83 bits per heavy atom. The number of hydrogen-bond donors (Lipinski definition) is 1. The number of anilines is 1. The van der Waals surface area contributed by atoms with Crippen LogP contribution in [-0.2, 0) is 11.0 Å². The van der Waals surface area contributed by atoms with Gasteiger partial charge >= 0.3 is 6.18 Å². The van der Waals surface area contributed by atoms with Gasteiger partial charge in [0.1, 0.15) is 5.75 Å². The number of rotatable bonds is 4. The molecule has 1 atom stereocenters. The van der Waals surface area contributed by atoms with Crippen molar-refractivity contribution in [2.24, 2.45) is 0 Å². The molecule has 2 aromatic rings. The molecule has 2 rings (SSSR count). The molecule has 24 heavy (non-hydrogen) atoms. The first-order valence-corrected chi connectivity index (χ1v) is 7.39. The van der Waals surface area contributed by atoms with Gasteiger partial charge < -0.3 is 10.1 Å². The predicted molar refractivity (Wildman–Crippen MR) is 86.1 cm³/mol. The first kappa shape index (κ1) is 17.8. The van der Waals surface area contributed by atoms with Gasteiger partial charge in [0.25, 0.3) is 5.91 Å². The Bertz CT molecular complexity index is 741. The van der Waals surface area contributed by atoms with Crippen molar-refractivity contribution in [1.82, 2.24) is 0 Å². The highest BCUT2D eigenvalue weighted by Crippen LogP contribution is 2.31. The van der Waals surface area contributed by atoms with Crippen molar-refractivity contribution in [3.63, 3.8) is 0 Å². The number of nitrogens with one attached hydrogen (secondary N) is 1. The summed E-state index contributed by atoms with van der Waals surface area (Å²) in [5, 5.41) is 2.72. The zero-order valence-electron chi connectivity index (χ0n) is 13.6. The maximum Gasteiger partial charge on any atom is 0.416 e. The van der Waals surface area contributed by atoms with Crippen molar-refractivity contribution in [2.45, 2.75) is 33.1 Å². The molecule has 2 aromatic carbocycles. The Balaban J connectivity index is 2.06. The summed E-state index contributed by atoms with van der Waals surface area (Å²) in [6, 6.07) is 10.0. The largest absolute Gasteiger partial charge is 0.481 e. The van der Waals surface area contributed by atoms with E-state index in [1.54, 1.807) is 6.07 Å². The van der Waals surface area contributed by atoms with Crippen LogP contribution in [0.5, 0.6) is 5.75 Å². The minimum absolute atomic E-state index is 0.00639. The monoisotopic (exact) mass is 337 g/mol. The van der Waals surface area contributed by atoms with Crippen LogP contribution in [0.15, 0.2) is 42.5 Å². The first-order chi connectivity index (χ1) is 11.2. The van der Waals surface area contributed by atoms with Crippen LogP contribution < -0.4 is 10.1 Å². The van der Waals surface area contributed by atoms with E-state index >= 15 is 0 Å². The van der Waals surface area contributed by atoms with Gasteiger partial charge in [0.2, 0.25) is 0 Å². The van der Waals surface area contributed by atoms with Crippen molar-refractivity contribution in [1.29, 1.82) is 0 Å². The van der Waals surface area contributed by atoms with E-state index in [2.05, 4.69) is 5.32 Å². The van der Waals surface area contributed by atoms with Gasteiger partial charge in [-0.25, -0.2) is 0 Å². The van der Waals surface area contributed by atoms with Crippen molar-refractivity contribution in [3.05, 3.63) is 59.2 Å². The molecule has 0 saturated heterocycles. The van der Waals surface area contributed by atoms with Crippen LogP contribution in [0.25, 0.3) is 0 Å². The SMILES string of the molecule is Cc1ccc(NC(=O)[C@@H](C)Oc2cccc(C(F)(F)F)c2)c(C)c1. The van der Waals surface area contributed by atoms with Gasteiger partial charge in [-0.1, -0.05) is 23.8 Å². The lowest BCUT2D eigenvalue weighted by Gasteiger charge is -2.17. The number of ether oxygens (including phenoxy) is 1. The van der Waals surface area contributed by atoms with Crippen LogP contribution >= 0.6 is 0 Å². The minimum atomic E-state index is -4.45. The normalized spacial score (nSPS) is 12.6. The molecule has 1 amide bonds. The van der Waals surface area contributed by atoms with E-state index < -0.39 is 23.8 Å². The Hall–Kier alpha value is -2.50. The summed E-state index contributed by atoms with van der Waals surface area (Å²) in [6.07, 6.45) is -5.39. The molecule has 3 nitrogen and oxygen atoms in total. The molecular formula is C18H18F3NO2. The van der Waals surface area contributed by atoms with E-state index in [4.69, 9.17) is 4.74 Å². The van der Waals surface area contributed by atoms with E-state index in [0.29, 0.717) is 5.69 Å². The van der Waals surface area contributed by atoms with Crippen LogP contribution in [0.4, 0.5) is 18.9 Å². The fraction of sp³-hybridized carbons (Fsp3) is 0.278. The molecule has 0 radical (unpaired) electrons. The van der Waals surface area contributed by atoms with Crippen molar-refractivity contribution >= 4 is 11.6 Å². The number of amides is 1. The highest BCUT2D eigenvalue weighted by molar-refractivity contribution is 5.94. The first-order valence-electron chi connectivity index (χ1n) is 7.39. The van der Waals surface area contributed by atoms with E-state index in [-0.39, 0.29) is 5.75 Å². The predicted octanol–water partition coefficient (Wildman–Crippen LogP) is 4.73. The Morgan fingerprint density at radius 1 is 1.12 bits per heavy atom. The smallest absolute Gasteiger partial charge is 0.416 e. The number of aryl methyl sites for hydroxylation is 2. The summed E-state index contributed by atoms with van der Waals surface area (Å²) < 4.78 is 43.4. The summed E-state index contributed by atoms with van der Waals surface area (Å²) in [5.74, 6) is -0.438. The Labute approximate surface area is 138 Å². The molecule has 0 aliphatic heterocycles. The molecule has 0 saturated carbocycles. The molecule has 0 aromatic heterocycles. The van der Waals surface area contributed by atoms with E-state index in [9.17, 15) is 18.0 Å². The average molecular weight is 337 g/mol. The molecular weight excluding hydrogens is 319 g/mol. The quantitative estimate of drug-likeness (QED) is 0.876. The second kappa shape index (κ2) is 6.95. The van der Waals surface area contributed by atoms with Crippen molar-refractivity contribution < 1.29 is 22.7 Å². The molecule has 0 unspecified atom stereocenters. The lowest BCUT2D eigenvalue weighted by Crippen LogP contribution is -2.30. The highest BCUT2D eigenvalue weighted by atomic mass is 19.4. The van der Waals surface area contributed by atoms with E-state index in [1.165, 1.54) is 19.1 Å². The highest BCUT2D eigenvalue weighted by Gasteiger charge is 2.30. The molecule has 6 heteroatoms. The second-order valence-electron chi connectivity index (χ2n) is 5.59. The summed E-state index contributed by atoms with van der Waals surface area (Å²) >= 11 is 0. The molecule has 0 bridgehead atoms. The molecule has 0 spiro atoms. The van der Waals surface area contributed by atoms with Crippen LogP contribution in [0, 0.1) is 13.8 Å². The van der Waals surface area contributed by atoms with Crippen LogP contribution in [-0.4, -0.2) is 12.0 Å². The van der Waals surface area contributed by atoms with Crippen LogP contribution in [0.2, 0.25) is 0 Å². The third-order valence-corrected chi connectivity index (χ3v) is 3.48. The zero-order chi connectivity index (χ0) is 17.9. The van der Waals surface area contributed by atoms with Gasteiger partial charge in [0.05, 0.1) is 5.56 Å². The van der Waals surface area contributed by atoms with Gasteiger partial charge in [-0.05, 0) is 50.6 Å². The second-order valence-corrected chi connectivity index (χ2v) is 5.59. The number of halogens is 3. The van der Waals surface area contributed by atoms with Crippen molar-refractivity contribution in [2.75, 3.05) is 5.32 Å². The van der Waals surface area contributed by atoms with Gasteiger partial charge in [-0.2, -0.15) is 13.2 Å². The molecule has 0 aliphatic carbocycles. The summed E-state index contributed by atoms with van der Waals surface area (Å²) in [4.78, 5) is 12.2. The van der Waals surface area contributed by atoms with E-state index in [0.717, 1.165) is 23.3 Å². The fourth-order valence-corrected chi connectivity index (χ4v) is 2.19. The molecule has 1 N–H and O–H groups in total. The van der Waals surface area contributed by atoms with Gasteiger partial charge in [-0.3, -0.25) is 4.79 Å². The Kier molecular flexibility index (Phi) is 5.17. The number of alkyl halides is 3. The summed E-state index contributed by atoms with van der Waals surface area (Å²) in [5.41, 5.74) is 1.79. The molecule has 0 heterocycles. The number of carbonyl (C=O) groups excluding carboxylic acids is 1. The maximum atomic E-state index is 12.7. The number of carbonyl (C=O) groups is 1. The topological polar surface area (TPSA) is 38.3 Å². The fourth-order valence-electron chi connectivity index (χ4n) is 2.19. The van der Waals surface area contributed by atoms with Gasteiger partial charge in [0.15, 0.2) is 6.10 Å². The minimum Gasteiger partial charge on any atom is -0.481 e. The maximum absolute atomic E-state index is 12.7. The van der Waals surface area contributed by atoms with Crippen LogP contribution in [0.3, 0.4) is 0 Å². The van der Waals surface area contributed by atoms with Crippen molar-refractivity contribution in [3.8, 4) is 5.75 Å². The molecule has 128 valence electrons. The van der Waals surface area contributed by atoms with Crippen LogP contribution in [0.1, 0.15) is 23.6 Å². The lowest BCUT2D eigenvalue weighted by atomic mass is 10.1. The third kappa shape index (κ3) is 4.50. The van der Waals surface area contributed by atoms with E-state index in [1.807, 2.05) is 26.0 Å². The standard InChI is InChI=1S/C18H18F3NO2/c1-11-7-8-16(12(2)9-11)22-17(23)13(3)24-15-6-4-5-14(10-15)18(19,20)21/h4-10,13H,1-3H3,(H,22,23)/t13-/m1/s1. The third-order valence-electron chi connectivity index (χ3n) is 3.48. The number of benzene rings is 2. The zero-order valence-corrected chi connectivity index (χ0v) is 13.6. The average Bonchev–Trinajstić information content (AvgIpc) is 2.49. The Morgan fingerprint density at radius 3 is 2.46 bits per heavy atom. The van der Waals surface area contributed by atoms with Gasteiger partial charge in [0, 0.05) is 5.69 Å². The lowest BCUT2D eigenvalue weighted by molar-refractivity contribution is -0.137. The molecule has 0 aliphatic rings. The number of hydrogen-bond acceptors (Lipinski definition) is 2. The summed E-state index contributed by atoms with van der Waals surface area (Å²) in [7, 11) is 0. The van der Waals surface area contributed by atoms with Gasteiger partial charge in [-0.15, -0.1) is 0 Å².